The molecule has 0 radical (unpaired) electrons. The smallest absolute Gasteiger partial charge is 0.272 e. The van der Waals surface area contributed by atoms with Crippen LogP contribution in [0.15, 0.2) is 18.2 Å². The average Bonchev–Trinajstić information content (AvgIpc) is 2.19. The molecule has 1 rings (SSSR count). The monoisotopic (exact) mass is 276 g/mol. The summed E-state index contributed by atoms with van der Waals surface area (Å²) in [5, 5.41) is 0. The normalized spacial score (nSPS) is 9.80. The Hall–Kier alpha value is -0.540. The van der Waals surface area contributed by atoms with Crippen LogP contribution in [0.25, 0.3) is 0 Å². The van der Waals surface area contributed by atoms with Crippen LogP contribution in [-0.4, -0.2) is 0 Å². The topological polar surface area (TPSA) is 27.7 Å². The molecule has 0 aliphatic carbocycles. The van der Waals surface area contributed by atoms with Crippen LogP contribution in [0, 0.1) is 0 Å². The van der Waals surface area contributed by atoms with Crippen molar-refractivity contribution in [2.45, 2.75) is 0 Å². The largest absolute Gasteiger partial charge is 0.397 e. The number of benzene rings is 1. The standard InChI is InChI=1S/C6H3F3O3S3/c7-13-10-4-1-5(11-14-8)3-6(2-4)12-15-9/h1-3H. The molecule has 0 saturated heterocycles. The maximum Gasteiger partial charge on any atom is 0.272 e. The minimum absolute atomic E-state index is 0.0121. The fourth-order valence-electron chi connectivity index (χ4n) is 0.799. The van der Waals surface area contributed by atoms with Gasteiger partial charge in [0.05, 0.1) is 0 Å². The SMILES string of the molecule is FSOc1cc(OSF)cc(OSF)c1. The van der Waals surface area contributed by atoms with Crippen LogP contribution in [0.3, 0.4) is 0 Å². The van der Waals surface area contributed by atoms with Crippen molar-refractivity contribution in [3.8, 4) is 17.2 Å². The fraction of sp³-hybridized carbons (Fsp3) is 0. The van der Waals surface area contributed by atoms with Crippen LogP contribution in [0.1, 0.15) is 0 Å². The van der Waals surface area contributed by atoms with Crippen LogP contribution < -0.4 is 12.5 Å². The van der Waals surface area contributed by atoms with E-state index in [-0.39, 0.29) is 17.2 Å². The van der Waals surface area contributed by atoms with E-state index in [2.05, 4.69) is 12.5 Å². The molecule has 0 heterocycles. The maximum absolute atomic E-state index is 11.8. The fourth-order valence-corrected chi connectivity index (χ4v) is 1.31. The lowest BCUT2D eigenvalue weighted by atomic mass is 10.3. The molecule has 9 heteroatoms. The van der Waals surface area contributed by atoms with Gasteiger partial charge in [-0.1, -0.05) is 0 Å². The van der Waals surface area contributed by atoms with Crippen LogP contribution in [-0.2, 0) is 0 Å². The van der Waals surface area contributed by atoms with E-state index < -0.39 is 37.3 Å². The second-order valence-corrected chi connectivity index (χ2v) is 2.96. The summed E-state index contributed by atoms with van der Waals surface area (Å²) in [5.41, 5.74) is 0. The molecule has 0 saturated carbocycles. The first-order valence-electron chi connectivity index (χ1n) is 3.31. The predicted molar refractivity (Wildman–Crippen MR) is 54.4 cm³/mol. The number of halogens is 3. The molecule has 15 heavy (non-hydrogen) atoms. The van der Waals surface area contributed by atoms with Gasteiger partial charge in [0.1, 0.15) is 17.2 Å². The lowest BCUT2D eigenvalue weighted by molar-refractivity contribution is 0.564. The third kappa shape index (κ3) is 4.22. The van der Waals surface area contributed by atoms with Crippen molar-refractivity contribution in [2.75, 3.05) is 0 Å². The summed E-state index contributed by atoms with van der Waals surface area (Å²) < 4.78 is 48.5. The quantitative estimate of drug-likeness (QED) is 0.714. The van der Waals surface area contributed by atoms with Gasteiger partial charge in [0.15, 0.2) is 0 Å². The lowest BCUT2D eigenvalue weighted by Crippen LogP contribution is -1.85. The van der Waals surface area contributed by atoms with Gasteiger partial charge in [-0.15, -0.1) is 11.7 Å². The van der Waals surface area contributed by atoms with E-state index in [4.69, 9.17) is 0 Å². The Kier molecular flexibility index (Phi) is 5.73. The molecule has 1 aromatic rings. The van der Waals surface area contributed by atoms with E-state index in [1.807, 2.05) is 0 Å². The van der Waals surface area contributed by atoms with Gasteiger partial charge >= 0.3 is 0 Å². The first-order chi connectivity index (χ1) is 7.30. The molecule has 1 aromatic carbocycles. The van der Waals surface area contributed by atoms with Crippen LogP contribution in [0.2, 0.25) is 0 Å². The molecule has 0 atom stereocenters. The van der Waals surface area contributed by atoms with Gasteiger partial charge in [-0.25, -0.2) is 0 Å². The summed E-state index contributed by atoms with van der Waals surface area (Å²) in [6.45, 7) is 0. The molecular weight excluding hydrogens is 273 g/mol. The predicted octanol–water partition coefficient (Wildman–Crippen LogP) is 4.42. The van der Waals surface area contributed by atoms with Crippen molar-refractivity contribution in [3.05, 3.63) is 18.2 Å². The molecule has 0 spiro atoms. The third-order valence-electron chi connectivity index (χ3n) is 1.24. The molecule has 0 fully saturated rings. The Balaban J connectivity index is 2.86. The highest BCUT2D eigenvalue weighted by atomic mass is 32.2. The Labute approximate surface area is 97.2 Å². The molecule has 0 unspecified atom stereocenters. The third-order valence-corrected chi connectivity index (χ3v) is 2.00. The van der Waals surface area contributed by atoms with E-state index in [0.717, 1.165) is 0 Å². The van der Waals surface area contributed by atoms with Gasteiger partial charge in [-0.05, 0) is 0 Å². The van der Waals surface area contributed by atoms with Gasteiger partial charge in [0, 0.05) is 18.2 Å². The van der Waals surface area contributed by atoms with E-state index in [0.29, 0.717) is 0 Å². The summed E-state index contributed by atoms with van der Waals surface area (Å²) in [6.07, 6.45) is 0. The molecule has 0 aliphatic rings. The molecule has 0 aromatic heterocycles. The van der Waals surface area contributed by atoms with Gasteiger partial charge < -0.3 is 12.5 Å². The van der Waals surface area contributed by atoms with Crippen LogP contribution in [0.4, 0.5) is 11.7 Å². The van der Waals surface area contributed by atoms with Gasteiger partial charge in [0.2, 0.25) is 0 Å². The molecule has 0 amide bonds. The second kappa shape index (κ2) is 6.85. The zero-order valence-electron chi connectivity index (χ0n) is 6.82. The van der Waals surface area contributed by atoms with Crippen molar-refractivity contribution in [1.29, 1.82) is 0 Å². The van der Waals surface area contributed by atoms with Crippen molar-refractivity contribution in [1.82, 2.24) is 0 Å². The maximum atomic E-state index is 11.8. The minimum Gasteiger partial charge on any atom is -0.397 e. The molecule has 3 nitrogen and oxygen atoms in total. The summed E-state index contributed by atoms with van der Waals surface area (Å²) in [7, 11) is 0. The molecular formula is C6H3F3O3S3. The number of rotatable bonds is 6. The Morgan fingerprint density at radius 2 is 0.933 bits per heavy atom. The Morgan fingerprint density at radius 1 is 0.667 bits per heavy atom. The Bertz CT molecular complexity index is 255. The molecule has 0 aliphatic heterocycles. The summed E-state index contributed by atoms with van der Waals surface area (Å²) in [5.74, 6) is 0.0364. The summed E-state index contributed by atoms with van der Waals surface area (Å²) in [6, 6.07) is 3.65. The zero-order chi connectivity index (χ0) is 11.1. The number of hydrogen-bond donors (Lipinski definition) is 0. The van der Waals surface area contributed by atoms with Crippen LogP contribution in [0.5, 0.6) is 17.2 Å². The highest BCUT2D eigenvalue weighted by Gasteiger charge is 2.06. The van der Waals surface area contributed by atoms with Crippen molar-refractivity contribution < 1.29 is 24.2 Å². The van der Waals surface area contributed by atoms with Crippen molar-refractivity contribution in [2.24, 2.45) is 0 Å². The van der Waals surface area contributed by atoms with E-state index in [1.165, 1.54) is 18.2 Å². The van der Waals surface area contributed by atoms with Gasteiger partial charge in [-0.2, -0.15) is 0 Å². The molecule has 0 bridgehead atoms. The summed E-state index contributed by atoms with van der Waals surface area (Å²) in [4.78, 5) is 0. The van der Waals surface area contributed by atoms with E-state index in [9.17, 15) is 11.7 Å². The van der Waals surface area contributed by atoms with E-state index in [1.54, 1.807) is 0 Å². The molecule has 0 N–H and O–H groups in total. The lowest BCUT2D eigenvalue weighted by Gasteiger charge is -2.05. The van der Waals surface area contributed by atoms with Crippen molar-refractivity contribution in [3.63, 3.8) is 0 Å². The zero-order valence-corrected chi connectivity index (χ0v) is 9.26. The molecule has 84 valence electrons. The second-order valence-electron chi connectivity index (χ2n) is 2.08. The first kappa shape index (κ1) is 12.5. The highest BCUT2D eigenvalue weighted by Crippen LogP contribution is 2.33. The minimum atomic E-state index is -0.404. The highest BCUT2D eigenvalue weighted by molar-refractivity contribution is 7.90. The average molecular weight is 276 g/mol. The van der Waals surface area contributed by atoms with Crippen LogP contribution >= 0.6 is 37.3 Å². The van der Waals surface area contributed by atoms with Gasteiger partial charge in [-0.3, -0.25) is 0 Å². The van der Waals surface area contributed by atoms with Crippen molar-refractivity contribution >= 4 is 37.3 Å². The van der Waals surface area contributed by atoms with E-state index >= 15 is 0 Å². The first-order valence-corrected chi connectivity index (χ1v) is 5.23. The number of hydrogen-bond acceptors (Lipinski definition) is 6. The summed E-state index contributed by atoms with van der Waals surface area (Å²) >= 11 is -1.21. The van der Waals surface area contributed by atoms with Gasteiger partial charge in [0.25, 0.3) is 37.3 Å². The Morgan fingerprint density at radius 3 is 1.13 bits per heavy atom.